The van der Waals surface area contributed by atoms with Crippen LogP contribution in [0.25, 0.3) is 11.1 Å². The van der Waals surface area contributed by atoms with Crippen LogP contribution in [0, 0.1) is 12.7 Å². The third-order valence-corrected chi connectivity index (χ3v) is 4.00. The van der Waals surface area contributed by atoms with Crippen molar-refractivity contribution in [2.75, 3.05) is 5.32 Å². The number of halogens is 1. The average molecular weight is 337 g/mol. The number of carbonyl (C=O) groups excluding carboxylic acids is 1. The Morgan fingerprint density at radius 1 is 1.08 bits per heavy atom. The van der Waals surface area contributed by atoms with Gasteiger partial charge in [-0.3, -0.25) is 4.79 Å². The van der Waals surface area contributed by atoms with E-state index in [1.807, 2.05) is 45.0 Å². The molecule has 128 valence electrons. The standard InChI is InChI=1S/C20H20FN3O/c1-13(2)24-19(10-11-22-24)23-20(25)17-9-8-16(12-18(17)21)15-6-4-14(3)5-7-15/h4-13H,1-3H3,(H,23,25). The lowest BCUT2D eigenvalue weighted by Gasteiger charge is -2.12. The van der Waals surface area contributed by atoms with Gasteiger partial charge in [0.15, 0.2) is 0 Å². The second-order valence-electron chi connectivity index (χ2n) is 6.27. The molecule has 0 bridgehead atoms. The van der Waals surface area contributed by atoms with E-state index >= 15 is 0 Å². The van der Waals surface area contributed by atoms with Crippen molar-refractivity contribution in [1.29, 1.82) is 0 Å². The summed E-state index contributed by atoms with van der Waals surface area (Å²) in [5.74, 6) is -0.497. The highest BCUT2D eigenvalue weighted by molar-refractivity contribution is 6.04. The summed E-state index contributed by atoms with van der Waals surface area (Å²) in [6.45, 7) is 5.92. The second kappa shape index (κ2) is 6.89. The van der Waals surface area contributed by atoms with Crippen LogP contribution in [0.4, 0.5) is 10.2 Å². The van der Waals surface area contributed by atoms with Gasteiger partial charge >= 0.3 is 0 Å². The third kappa shape index (κ3) is 3.60. The van der Waals surface area contributed by atoms with Crippen LogP contribution in [0.5, 0.6) is 0 Å². The van der Waals surface area contributed by atoms with E-state index in [0.29, 0.717) is 5.82 Å². The largest absolute Gasteiger partial charge is 0.307 e. The van der Waals surface area contributed by atoms with Gasteiger partial charge in [-0.05, 0) is 44.0 Å². The van der Waals surface area contributed by atoms with Crippen molar-refractivity contribution >= 4 is 11.7 Å². The van der Waals surface area contributed by atoms with Crippen LogP contribution in [0.1, 0.15) is 35.8 Å². The van der Waals surface area contributed by atoms with Crippen molar-refractivity contribution in [2.24, 2.45) is 0 Å². The maximum absolute atomic E-state index is 14.5. The van der Waals surface area contributed by atoms with Crippen LogP contribution in [0.2, 0.25) is 0 Å². The van der Waals surface area contributed by atoms with Crippen LogP contribution in [-0.2, 0) is 0 Å². The third-order valence-electron chi connectivity index (χ3n) is 4.00. The smallest absolute Gasteiger partial charge is 0.259 e. The molecule has 0 unspecified atom stereocenters. The molecule has 3 rings (SSSR count). The van der Waals surface area contributed by atoms with E-state index in [0.717, 1.165) is 16.7 Å². The number of nitrogens with zero attached hydrogens (tertiary/aromatic N) is 2. The minimum atomic E-state index is -0.550. The summed E-state index contributed by atoms with van der Waals surface area (Å²) < 4.78 is 16.1. The van der Waals surface area contributed by atoms with Crippen LogP contribution in [0.15, 0.2) is 54.7 Å². The molecule has 0 saturated heterocycles. The Bertz CT molecular complexity index is 898. The first kappa shape index (κ1) is 16.9. The predicted molar refractivity (Wildman–Crippen MR) is 97.1 cm³/mol. The Morgan fingerprint density at radius 3 is 2.40 bits per heavy atom. The predicted octanol–water partition coefficient (Wildman–Crippen LogP) is 4.83. The van der Waals surface area contributed by atoms with Crippen LogP contribution in [-0.4, -0.2) is 15.7 Å². The van der Waals surface area contributed by atoms with E-state index in [9.17, 15) is 9.18 Å². The monoisotopic (exact) mass is 337 g/mol. The van der Waals surface area contributed by atoms with Crippen molar-refractivity contribution in [2.45, 2.75) is 26.8 Å². The highest BCUT2D eigenvalue weighted by Crippen LogP contribution is 2.23. The van der Waals surface area contributed by atoms with Crippen molar-refractivity contribution in [3.05, 3.63) is 71.7 Å². The number of carbonyl (C=O) groups is 1. The number of hydrogen-bond acceptors (Lipinski definition) is 2. The Labute approximate surface area is 146 Å². The first-order chi connectivity index (χ1) is 12.0. The molecule has 0 spiro atoms. The van der Waals surface area contributed by atoms with E-state index in [-0.39, 0.29) is 11.6 Å². The fourth-order valence-corrected chi connectivity index (χ4v) is 2.63. The summed E-state index contributed by atoms with van der Waals surface area (Å²) in [7, 11) is 0. The molecule has 0 radical (unpaired) electrons. The van der Waals surface area contributed by atoms with E-state index in [1.165, 1.54) is 12.1 Å². The summed E-state index contributed by atoms with van der Waals surface area (Å²) in [6.07, 6.45) is 1.60. The molecule has 5 heteroatoms. The van der Waals surface area contributed by atoms with E-state index in [1.54, 1.807) is 23.0 Å². The fourth-order valence-electron chi connectivity index (χ4n) is 2.63. The van der Waals surface area contributed by atoms with Gasteiger partial charge in [0.05, 0.1) is 11.8 Å². The number of anilines is 1. The summed E-state index contributed by atoms with van der Waals surface area (Å²) in [5, 5.41) is 6.87. The lowest BCUT2D eigenvalue weighted by atomic mass is 10.0. The summed E-state index contributed by atoms with van der Waals surface area (Å²) in [4.78, 5) is 12.4. The molecule has 1 heterocycles. The van der Waals surface area contributed by atoms with Crippen LogP contribution < -0.4 is 5.32 Å². The van der Waals surface area contributed by atoms with Crippen molar-refractivity contribution in [3.63, 3.8) is 0 Å². The first-order valence-electron chi connectivity index (χ1n) is 8.17. The van der Waals surface area contributed by atoms with Crippen molar-refractivity contribution in [1.82, 2.24) is 9.78 Å². The number of benzene rings is 2. The minimum Gasteiger partial charge on any atom is -0.307 e. The Morgan fingerprint density at radius 2 is 1.76 bits per heavy atom. The summed E-state index contributed by atoms with van der Waals surface area (Å²) >= 11 is 0. The molecule has 0 fully saturated rings. The fraction of sp³-hybridized carbons (Fsp3) is 0.200. The molecule has 2 aromatic carbocycles. The Kier molecular flexibility index (Phi) is 4.65. The number of amides is 1. The van der Waals surface area contributed by atoms with E-state index in [2.05, 4.69) is 10.4 Å². The van der Waals surface area contributed by atoms with Gasteiger partial charge in [-0.2, -0.15) is 5.10 Å². The second-order valence-corrected chi connectivity index (χ2v) is 6.27. The zero-order valence-electron chi connectivity index (χ0n) is 14.5. The molecule has 0 aliphatic carbocycles. The van der Waals surface area contributed by atoms with Gasteiger partial charge in [-0.25, -0.2) is 9.07 Å². The zero-order valence-corrected chi connectivity index (χ0v) is 14.5. The molecule has 1 aromatic heterocycles. The van der Waals surface area contributed by atoms with E-state index < -0.39 is 11.7 Å². The zero-order chi connectivity index (χ0) is 18.0. The molecule has 25 heavy (non-hydrogen) atoms. The van der Waals surface area contributed by atoms with Crippen LogP contribution >= 0.6 is 0 Å². The minimum absolute atomic E-state index is 0.00682. The van der Waals surface area contributed by atoms with Gasteiger partial charge in [0.25, 0.3) is 5.91 Å². The van der Waals surface area contributed by atoms with Crippen molar-refractivity contribution in [3.8, 4) is 11.1 Å². The first-order valence-corrected chi connectivity index (χ1v) is 8.17. The van der Waals surface area contributed by atoms with E-state index in [4.69, 9.17) is 0 Å². The Hall–Kier alpha value is -2.95. The van der Waals surface area contributed by atoms with Gasteiger partial charge in [0.2, 0.25) is 0 Å². The maximum atomic E-state index is 14.5. The Balaban J connectivity index is 1.84. The molecule has 0 aliphatic heterocycles. The van der Waals surface area contributed by atoms with Gasteiger partial charge in [0, 0.05) is 12.1 Å². The molecule has 1 amide bonds. The van der Waals surface area contributed by atoms with Crippen LogP contribution in [0.3, 0.4) is 0 Å². The SMILES string of the molecule is Cc1ccc(-c2ccc(C(=O)Nc3ccnn3C(C)C)c(F)c2)cc1. The summed E-state index contributed by atoms with van der Waals surface area (Å²) in [6, 6.07) is 14.3. The highest BCUT2D eigenvalue weighted by Gasteiger charge is 2.15. The van der Waals surface area contributed by atoms with Gasteiger partial charge in [0.1, 0.15) is 11.6 Å². The molecular formula is C20H20FN3O. The number of rotatable bonds is 4. The average Bonchev–Trinajstić information content (AvgIpc) is 3.03. The molecule has 3 aromatic rings. The molecular weight excluding hydrogens is 317 g/mol. The number of aromatic nitrogens is 2. The summed E-state index contributed by atoms with van der Waals surface area (Å²) in [5.41, 5.74) is 2.80. The number of nitrogens with one attached hydrogen (secondary N) is 1. The maximum Gasteiger partial charge on any atom is 0.259 e. The molecule has 0 saturated carbocycles. The highest BCUT2D eigenvalue weighted by atomic mass is 19.1. The lowest BCUT2D eigenvalue weighted by molar-refractivity contribution is 0.102. The van der Waals surface area contributed by atoms with Gasteiger partial charge < -0.3 is 5.32 Å². The van der Waals surface area contributed by atoms with Gasteiger partial charge in [-0.15, -0.1) is 0 Å². The van der Waals surface area contributed by atoms with Gasteiger partial charge in [-0.1, -0.05) is 35.9 Å². The molecule has 0 atom stereocenters. The number of aryl methyl sites for hydroxylation is 1. The topological polar surface area (TPSA) is 46.9 Å². The normalized spacial score (nSPS) is 10.9. The number of hydrogen-bond donors (Lipinski definition) is 1. The molecule has 1 N–H and O–H groups in total. The molecule has 4 nitrogen and oxygen atoms in total. The lowest BCUT2D eigenvalue weighted by Crippen LogP contribution is -2.17. The van der Waals surface area contributed by atoms with Crippen molar-refractivity contribution < 1.29 is 9.18 Å². The quantitative estimate of drug-likeness (QED) is 0.741. The molecule has 0 aliphatic rings.